The molecule has 0 radical (unpaired) electrons. The van der Waals surface area contributed by atoms with E-state index in [1.54, 1.807) is 12.1 Å². The van der Waals surface area contributed by atoms with E-state index in [-0.39, 0.29) is 34.3 Å². The van der Waals surface area contributed by atoms with Gasteiger partial charge in [-0.15, -0.1) is 0 Å². The molecule has 1 aliphatic carbocycles. The second-order valence-electron chi connectivity index (χ2n) is 7.74. The maximum atomic E-state index is 12.4. The van der Waals surface area contributed by atoms with E-state index in [1.807, 2.05) is 0 Å². The number of carbonyl (C=O) groups is 1. The lowest BCUT2D eigenvalue weighted by molar-refractivity contribution is -0.122. The van der Waals surface area contributed by atoms with E-state index in [1.165, 1.54) is 31.4 Å². The summed E-state index contributed by atoms with van der Waals surface area (Å²) >= 11 is 5.96. The van der Waals surface area contributed by atoms with Gasteiger partial charge in [0.05, 0.1) is 18.2 Å². The Kier molecular flexibility index (Phi) is 7.92. The third-order valence-corrected chi connectivity index (χ3v) is 7.81. The first-order valence-electron chi connectivity index (χ1n) is 10.3. The summed E-state index contributed by atoms with van der Waals surface area (Å²) in [6, 6.07) is 6.25. The highest BCUT2D eigenvalue weighted by molar-refractivity contribution is 7.89. The Morgan fingerprint density at radius 1 is 1.14 bits per heavy atom. The molecule has 1 heterocycles. The lowest BCUT2D eigenvalue weighted by atomic mass is 9.79. The average molecular weight is 444 g/mol. The molecule has 2 fully saturated rings. The minimum absolute atomic E-state index is 0.00520. The molecule has 0 unspecified atom stereocenters. The Balaban J connectivity index is 1.50. The standard InChI is InChI=1S/C20H30ClN3O4S/c21-17-6-2-3-7-18(17)29(26,27)23-11-8-19(25)22-16-20(9-4-1-5-10-20)24-12-14-28-15-13-24/h2-3,6-7,23H,1,4-5,8-16H2,(H,22,25). The largest absolute Gasteiger partial charge is 0.379 e. The fraction of sp³-hybridized carbons (Fsp3) is 0.650. The van der Waals surface area contributed by atoms with E-state index in [0.717, 1.165) is 39.1 Å². The Morgan fingerprint density at radius 2 is 1.83 bits per heavy atom. The first-order valence-corrected chi connectivity index (χ1v) is 12.1. The number of hydrogen-bond acceptors (Lipinski definition) is 5. The third-order valence-electron chi connectivity index (χ3n) is 5.85. The molecule has 7 nitrogen and oxygen atoms in total. The van der Waals surface area contributed by atoms with E-state index in [0.29, 0.717) is 6.54 Å². The van der Waals surface area contributed by atoms with Gasteiger partial charge in [-0.3, -0.25) is 9.69 Å². The van der Waals surface area contributed by atoms with Crippen LogP contribution in [0.4, 0.5) is 0 Å². The van der Waals surface area contributed by atoms with Crippen LogP contribution < -0.4 is 10.0 Å². The van der Waals surface area contributed by atoms with Crippen LogP contribution in [0.25, 0.3) is 0 Å². The number of nitrogens with one attached hydrogen (secondary N) is 2. The molecule has 2 N–H and O–H groups in total. The van der Waals surface area contributed by atoms with Gasteiger partial charge in [0.1, 0.15) is 4.90 Å². The number of sulfonamides is 1. The summed E-state index contributed by atoms with van der Waals surface area (Å²) in [5, 5.41) is 3.21. The topological polar surface area (TPSA) is 87.7 Å². The molecule has 29 heavy (non-hydrogen) atoms. The van der Waals surface area contributed by atoms with E-state index >= 15 is 0 Å². The number of ether oxygens (including phenoxy) is 1. The zero-order chi connectivity index (χ0) is 20.7. The zero-order valence-corrected chi connectivity index (χ0v) is 18.2. The van der Waals surface area contributed by atoms with Gasteiger partial charge >= 0.3 is 0 Å². The van der Waals surface area contributed by atoms with Gasteiger partial charge in [-0.1, -0.05) is 43.0 Å². The van der Waals surface area contributed by atoms with Crippen LogP contribution in [0.15, 0.2) is 29.2 Å². The van der Waals surface area contributed by atoms with Crippen molar-refractivity contribution in [2.45, 2.75) is 49.0 Å². The predicted molar refractivity (Wildman–Crippen MR) is 112 cm³/mol. The van der Waals surface area contributed by atoms with Crippen LogP contribution in [0, 0.1) is 0 Å². The number of rotatable bonds is 8. The van der Waals surface area contributed by atoms with E-state index in [4.69, 9.17) is 16.3 Å². The molecule has 1 aliphatic heterocycles. The van der Waals surface area contributed by atoms with Crippen molar-refractivity contribution >= 4 is 27.5 Å². The molecule has 0 atom stereocenters. The molecule has 1 saturated heterocycles. The highest BCUT2D eigenvalue weighted by atomic mass is 35.5. The van der Waals surface area contributed by atoms with Crippen molar-refractivity contribution in [3.05, 3.63) is 29.3 Å². The Hall–Kier alpha value is -1.19. The lowest BCUT2D eigenvalue weighted by Gasteiger charge is -2.48. The van der Waals surface area contributed by atoms with Crippen molar-refractivity contribution in [3.63, 3.8) is 0 Å². The molecular weight excluding hydrogens is 414 g/mol. The van der Waals surface area contributed by atoms with Gasteiger partial charge in [-0.2, -0.15) is 0 Å². The van der Waals surface area contributed by atoms with Crippen LogP contribution in [0.1, 0.15) is 38.5 Å². The van der Waals surface area contributed by atoms with Crippen molar-refractivity contribution in [3.8, 4) is 0 Å². The van der Waals surface area contributed by atoms with Crippen molar-refractivity contribution in [1.82, 2.24) is 14.9 Å². The monoisotopic (exact) mass is 443 g/mol. The second-order valence-corrected chi connectivity index (χ2v) is 9.88. The second kappa shape index (κ2) is 10.2. The average Bonchev–Trinajstić information content (AvgIpc) is 2.74. The molecule has 162 valence electrons. The molecular formula is C20H30ClN3O4S. The minimum atomic E-state index is -3.74. The van der Waals surface area contributed by atoms with Crippen molar-refractivity contribution in [1.29, 1.82) is 0 Å². The highest BCUT2D eigenvalue weighted by Crippen LogP contribution is 2.33. The highest BCUT2D eigenvalue weighted by Gasteiger charge is 2.38. The van der Waals surface area contributed by atoms with E-state index < -0.39 is 10.0 Å². The quantitative estimate of drug-likeness (QED) is 0.642. The van der Waals surface area contributed by atoms with Gasteiger partial charge < -0.3 is 10.1 Å². The van der Waals surface area contributed by atoms with Gasteiger partial charge in [-0.25, -0.2) is 13.1 Å². The predicted octanol–water partition coefficient (Wildman–Crippen LogP) is 2.16. The summed E-state index contributed by atoms with van der Waals surface area (Å²) in [7, 11) is -3.74. The molecule has 0 spiro atoms. The summed E-state index contributed by atoms with van der Waals surface area (Å²) in [6.45, 7) is 3.90. The Labute approximate surface area is 178 Å². The first kappa shape index (κ1) is 22.5. The van der Waals surface area contributed by atoms with E-state index in [2.05, 4.69) is 14.9 Å². The molecule has 1 saturated carbocycles. The van der Waals surface area contributed by atoms with Gasteiger partial charge in [0.15, 0.2) is 0 Å². The molecule has 0 aromatic heterocycles. The maximum Gasteiger partial charge on any atom is 0.242 e. The number of carbonyl (C=O) groups excluding carboxylic acids is 1. The maximum absolute atomic E-state index is 12.4. The molecule has 1 amide bonds. The summed E-state index contributed by atoms with van der Waals surface area (Å²) < 4.78 is 32.6. The van der Waals surface area contributed by atoms with Gasteiger partial charge in [0.25, 0.3) is 0 Å². The lowest BCUT2D eigenvalue weighted by Crippen LogP contribution is -2.59. The normalized spacial score (nSPS) is 20.3. The van der Waals surface area contributed by atoms with Crippen LogP contribution in [-0.2, 0) is 19.6 Å². The number of halogens is 1. The Morgan fingerprint density at radius 3 is 2.52 bits per heavy atom. The molecule has 9 heteroatoms. The first-order chi connectivity index (χ1) is 13.9. The summed E-state index contributed by atoms with van der Waals surface area (Å²) in [6.07, 6.45) is 5.82. The van der Waals surface area contributed by atoms with Gasteiger partial charge in [0, 0.05) is 38.1 Å². The summed E-state index contributed by atoms with van der Waals surface area (Å²) in [4.78, 5) is 14.9. The van der Waals surface area contributed by atoms with Crippen molar-refractivity contribution < 1.29 is 17.9 Å². The van der Waals surface area contributed by atoms with Crippen LogP contribution in [0.5, 0.6) is 0 Å². The summed E-state index contributed by atoms with van der Waals surface area (Å²) in [5.41, 5.74) is -0.00520. The molecule has 3 rings (SSSR count). The number of hydrogen-bond donors (Lipinski definition) is 2. The zero-order valence-electron chi connectivity index (χ0n) is 16.7. The minimum Gasteiger partial charge on any atom is -0.379 e. The molecule has 1 aromatic carbocycles. The molecule has 0 bridgehead atoms. The molecule has 2 aliphatic rings. The van der Waals surface area contributed by atoms with Crippen LogP contribution in [0.3, 0.4) is 0 Å². The van der Waals surface area contributed by atoms with Gasteiger partial charge in [0.2, 0.25) is 15.9 Å². The Bertz CT molecular complexity index is 791. The van der Waals surface area contributed by atoms with Crippen molar-refractivity contribution in [2.24, 2.45) is 0 Å². The number of morpholine rings is 1. The summed E-state index contributed by atoms with van der Waals surface area (Å²) in [5.74, 6) is -0.148. The number of amides is 1. The van der Waals surface area contributed by atoms with Crippen LogP contribution in [-0.4, -0.2) is 64.2 Å². The van der Waals surface area contributed by atoms with Crippen molar-refractivity contribution in [2.75, 3.05) is 39.4 Å². The van der Waals surface area contributed by atoms with E-state index in [9.17, 15) is 13.2 Å². The van der Waals surface area contributed by atoms with Crippen LogP contribution in [0.2, 0.25) is 5.02 Å². The fourth-order valence-electron chi connectivity index (χ4n) is 4.24. The molecule has 1 aromatic rings. The smallest absolute Gasteiger partial charge is 0.242 e. The number of nitrogens with zero attached hydrogens (tertiary/aromatic N) is 1. The van der Waals surface area contributed by atoms with Crippen LogP contribution >= 0.6 is 11.6 Å². The number of benzene rings is 1. The fourth-order valence-corrected chi connectivity index (χ4v) is 5.79. The third kappa shape index (κ3) is 5.92. The SMILES string of the molecule is O=C(CCNS(=O)(=O)c1ccccc1Cl)NCC1(N2CCOCC2)CCCCC1. The van der Waals surface area contributed by atoms with Gasteiger partial charge in [-0.05, 0) is 25.0 Å².